The molecule has 8 heteroatoms. The van der Waals surface area contributed by atoms with Gasteiger partial charge in [0.2, 0.25) is 11.2 Å². The van der Waals surface area contributed by atoms with E-state index in [1.807, 2.05) is 30.3 Å². The zero-order valence-corrected chi connectivity index (χ0v) is 18.8. The number of aromatic hydroxyl groups is 1. The van der Waals surface area contributed by atoms with E-state index < -0.39 is 23.1 Å². The van der Waals surface area contributed by atoms with Crippen molar-refractivity contribution in [1.29, 1.82) is 0 Å². The van der Waals surface area contributed by atoms with Crippen molar-refractivity contribution in [3.63, 3.8) is 0 Å². The standard InChI is InChI=1S/C24H24O7S/c1-28-15-9-10-18(21(12-15)29-2)19(13-22(26)30-3)24-23(27)20(25)11-16(31-24)14-32-17-7-5-4-6-8-17/h4-12,19,27H,13-14H2,1-3H3/t19-/m1/s1. The molecular weight excluding hydrogens is 432 g/mol. The van der Waals surface area contributed by atoms with Gasteiger partial charge in [-0.25, -0.2) is 0 Å². The van der Waals surface area contributed by atoms with E-state index in [1.165, 1.54) is 39.2 Å². The zero-order chi connectivity index (χ0) is 23.1. The van der Waals surface area contributed by atoms with Crippen molar-refractivity contribution in [3.05, 3.63) is 81.9 Å². The third-order valence-corrected chi connectivity index (χ3v) is 5.89. The number of carbonyl (C=O) groups is 1. The van der Waals surface area contributed by atoms with E-state index in [9.17, 15) is 14.7 Å². The quantitative estimate of drug-likeness (QED) is 0.375. The van der Waals surface area contributed by atoms with E-state index in [1.54, 1.807) is 18.2 Å². The maximum absolute atomic E-state index is 12.5. The number of rotatable bonds is 9. The van der Waals surface area contributed by atoms with Crippen LogP contribution in [-0.2, 0) is 15.3 Å². The summed E-state index contributed by atoms with van der Waals surface area (Å²) in [6.45, 7) is 0. The zero-order valence-electron chi connectivity index (χ0n) is 18.0. The number of hydrogen-bond donors (Lipinski definition) is 1. The number of benzene rings is 2. The van der Waals surface area contributed by atoms with Crippen LogP contribution in [0.4, 0.5) is 0 Å². The topological polar surface area (TPSA) is 95.2 Å². The van der Waals surface area contributed by atoms with Crippen molar-refractivity contribution >= 4 is 17.7 Å². The van der Waals surface area contributed by atoms with Crippen molar-refractivity contribution in [1.82, 2.24) is 0 Å². The number of carbonyl (C=O) groups excluding carboxylic acids is 1. The first kappa shape index (κ1) is 23.3. The molecule has 0 aliphatic heterocycles. The summed E-state index contributed by atoms with van der Waals surface area (Å²) < 4.78 is 21.5. The third kappa shape index (κ3) is 5.45. The highest BCUT2D eigenvalue weighted by Gasteiger charge is 2.29. The lowest BCUT2D eigenvalue weighted by Crippen LogP contribution is -2.14. The van der Waals surface area contributed by atoms with Gasteiger partial charge in [-0.3, -0.25) is 9.59 Å². The summed E-state index contributed by atoms with van der Waals surface area (Å²) in [5.74, 6) is -0.182. The van der Waals surface area contributed by atoms with Gasteiger partial charge in [-0.2, -0.15) is 0 Å². The molecule has 3 aromatic rings. The molecule has 1 atom stereocenters. The molecule has 0 radical (unpaired) electrons. The average Bonchev–Trinajstić information content (AvgIpc) is 2.83. The van der Waals surface area contributed by atoms with Gasteiger partial charge in [-0.05, 0) is 18.2 Å². The van der Waals surface area contributed by atoms with Gasteiger partial charge in [-0.15, -0.1) is 11.8 Å². The molecule has 32 heavy (non-hydrogen) atoms. The minimum Gasteiger partial charge on any atom is -0.502 e. The van der Waals surface area contributed by atoms with Gasteiger partial charge < -0.3 is 23.7 Å². The SMILES string of the molecule is COC(=O)C[C@H](c1ccc(OC)cc1OC)c1oc(CSc2ccccc2)cc(=O)c1O. The molecule has 0 saturated heterocycles. The molecule has 1 heterocycles. The number of esters is 1. The van der Waals surface area contributed by atoms with E-state index in [4.69, 9.17) is 18.6 Å². The highest BCUT2D eigenvalue weighted by Crippen LogP contribution is 2.40. The molecule has 0 aliphatic carbocycles. The summed E-state index contributed by atoms with van der Waals surface area (Å²) in [4.78, 5) is 25.7. The smallest absolute Gasteiger partial charge is 0.306 e. The summed E-state index contributed by atoms with van der Waals surface area (Å²) in [7, 11) is 4.28. The fourth-order valence-electron chi connectivity index (χ4n) is 3.23. The Morgan fingerprint density at radius 3 is 2.47 bits per heavy atom. The fourth-order valence-corrected chi connectivity index (χ4v) is 4.03. The van der Waals surface area contributed by atoms with Gasteiger partial charge in [0.1, 0.15) is 17.3 Å². The molecule has 1 aromatic heterocycles. The lowest BCUT2D eigenvalue weighted by molar-refractivity contribution is -0.140. The first-order chi connectivity index (χ1) is 15.5. The van der Waals surface area contributed by atoms with Crippen molar-refractivity contribution < 1.29 is 28.5 Å². The van der Waals surface area contributed by atoms with Crippen LogP contribution in [0.25, 0.3) is 0 Å². The predicted octanol–water partition coefficient (Wildman–Crippen LogP) is 4.35. The molecule has 0 unspecified atom stereocenters. The second-order valence-corrected chi connectivity index (χ2v) is 7.88. The van der Waals surface area contributed by atoms with Gasteiger partial charge >= 0.3 is 5.97 Å². The van der Waals surface area contributed by atoms with Gasteiger partial charge in [0.15, 0.2) is 5.76 Å². The van der Waals surface area contributed by atoms with Crippen LogP contribution >= 0.6 is 11.8 Å². The predicted molar refractivity (Wildman–Crippen MR) is 121 cm³/mol. The van der Waals surface area contributed by atoms with E-state index in [-0.39, 0.29) is 12.2 Å². The molecule has 168 valence electrons. The Kier molecular flexibility index (Phi) is 7.83. The van der Waals surface area contributed by atoms with Crippen molar-refractivity contribution in [3.8, 4) is 17.2 Å². The van der Waals surface area contributed by atoms with Gasteiger partial charge in [-0.1, -0.05) is 24.3 Å². The molecule has 1 N–H and O–H groups in total. The second kappa shape index (κ2) is 10.8. The number of hydrogen-bond acceptors (Lipinski definition) is 8. The Bertz CT molecular complexity index is 1120. The van der Waals surface area contributed by atoms with Crippen LogP contribution < -0.4 is 14.9 Å². The molecule has 0 spiro atoms. The molecule has 2 aromatic carbocycles. The van der Waals surface area contributed by atoms with Crippen molar-refractivity contribution in [2.45, 2.75) is 23.0 Å². The Labute approximate surface area is 189 Å². The van der Waals surface area contributed by atoms with Crippen LogP contribution in [0.15, 0.2) is 68.7 Å². The normalized spacial score (nSPS) is 11.6. The number of methoxy groups -OCH3 is 3. The maximum atomic E-state index is 12.5. The summed E-state index contributed by atoms with van der Waals surface area (Å²) in [5.41, 5.74) is -0.0396. The lowest BCUT2D eigenvalue weighted by atomic mass is 9.91. The summed E-state index contributed by atoms with van der Waals surface area (Å²) in [5, 5.41) is 10.6. The Balaban J connectivity index is 2.05. The first-order valence-corrected chi connectivity index (χ1v) is 10.8. The Morgan fingerprint density at radius 1 is 1.06 bits per heavy atom. The summed E-state index contributed by atoms with van der Waals surface area (Å²) in [6.07, 6.45) is -0.162. The summed E-state index contributed by atoms with van der Waals surface area (Å²) in [6, 6.07) is 16.0. The average molecular weight is 457 g/mol. The molecule has 0 amide bonds. The van der Waals surface area contributed by atoms with Gasteiger partial charge in [0.25, 0.3) is 0 Å². The highest BCUT2D eigenvalue weighted by atomic mass is 32.2. The Morgan fingerprint density at radius 2 is 1.81 bits per heavy atom. The largest absolute Gasteiger partial charge is 0.502 e. The van der Waals surface area contributed by atoms with Crippen molar-refractivity contribution in [2.24, 2.45) is 0 Å². The minimum absolute atomic E-state index is 0.0185. The minimum atomic E-state index is -0.808. The van der Waals surface area contributed by atoms with E-state index in [2.05, 4.69) is 0 Å². The van der Waals surface area contributed by atoms with Crippen LogP contribution in [0.3, 0.4) is 0 Å². The molecule has 0 bridgehead atoms. The first-order valence-electron chi connectivity index (χ1n) is 9.79. The fraction of sp³-hybridized carbons (Fsp3) is 0.250. The molecule has 0 aliphatic rings. The number of thioether (sulfide) groups is 1. The van der Waals surface area contributed by atoms with Crippen molar-refractivity contribution in [2.75, 3.05) is 21.3 Å². The van der Waals surface area contributed by atoms with Crippen LogP contribution in [-0.4, -0.2) is 32.4 Å². The molecule has 0 fully saturated rings. The molecule has 7 nitrogen and oxygen atoms in total. The second-order valence-electron chi connectivity index (χ2n) is 6.83. The van der Waals surface area contributed by atoms with Gasteiger partial charge in [0, 0.05) is 22.6 Å². The van der Waals surface area contributed by atoms with E-state index in [0.29, 0.717) is 28.6 Å². The number of ether oxygens (including phenoxy) is 3. The molecule has 3 rings (SSSR count). The van der Waals surface area contributed by atoms with E-state index in [0.717, 1.165) is 4.90 Å². The highest BCUT2D eigenvalue weighted by molar-refractivity contribution is 7.98. The van der Waals surface area contributed by atoms with Crippen LogP contribution in [0, 0.1) is 0 Å². The van der Waals surface area contributed by atoms with Crippen LogP contribution in [0.2, 0.25) is 0 Å². The van der Waals surface area contributed by atoms with Crippen LogP contribution in [0.1, 0.15) is 29.4 Å². The molecular formula is C24H24O7S. The lowest BCUT2D eigenvalue weighted by Gasteiger charge is -2.20. The van der Waals surface area contributed by atoms with Gasteiger partial charge in [0.05, 0.1) is 39.4 Å². The maximum Gasteiger partial charge on any atom is 0.306 e. The third-order valence-electron chi connectivity index (χ3n) is 4.86. The molecule has 0 saturated carbocycles. The van der Waals surface area contributed by atoms with Crippen LogP contribution in [0.5, 0.6) is 17.2 Å². The summed E-state index contributed by atoms with van der Waals surface area (Å²) >= 11 is 1.49. The Hall–Kier alpha value is -3.39. The monoisotopic (exact) mass is 456 g/mol. The van der Waals surface area contributed by atoms with E-state index >= 15 is 0 Å².